The Morgan fingerprint density at radius 3 is 2.72 bits per heavy atom. The van der Waals surface area contributed by atoms with Crippen molar-refractivity contribution in [3.8, 4) is 5.75 Å². The molecule has 2 aliphatic rings. The van der Waals surface area contributed by atoms with Crippen molar-refractivity contribution in [2.45, 2.75) is 43.0 Å². The lowest BCUT2D eigenvalue weighted by Gasteiger charge is -2.22. The number of amides is 3. The molecule has 0 aliphatic heterocycles. The molecule has 32 heavy (non-hydrogen) atoms. The molecule has 0 saturated heterocycles. The summed E-state index contributed by atoms with van der Waals surface area (Å²) in [5, 5.41) is 18.3. The zero-order valence-corrected chi connectivity index (χ0v) is 18.8. The number of aromatic hydroxyl groups is 1. The molecule has 11 heteroatoms. The number of carbonyl (C=O) groups is 2. The van der Waals surface area contributed by atoms with Crippen molar-refractivity contribution in [1.29, 1.82) is 0 Å². The topological polar surface area (TPSA) is 138 Å². The number of furan rings is 1. The molecule has 2 aliphatic carbocycles. The van der Waals surface area contributed by atoms with Gasteiger partial charge in [-0.1, -0.05) is 11.6 Å². The summed E-state index contributed by atoms with van der Waals surface area (Å²) in [6.45, 7) is -0.0985. The average Bonchev–Trinajstić information content (AvgIpc) is 3.47. The van der Waals surface area contributed by atoms with E-state index in [-0.39, 0.29) is 35.1 Å². The number of hydrogen-bond acceptors (Lipinski definition) is 6. The molecule has 172 valence electrons. The van der Waals surface area contributed by atoms with Crippen LogP contribution < -0.4 is 16.0 Å². The average molecular weight is 482 g/mol. The smallest absolute Gasteiger partial charge is 0.319 e. The van der Waals surface area contributed by atoms with Crippen LogP contribution in [-0.2, 0) is 21.1 Å². The largest absolute Gasteiger partial charge is 0.504 e. The van der Waals surface area contributed by atoms with Crippen molar-refractivity contribution >= 4 is 39.1 Å². The highest BCUT2D eigenvalue weighted by Crippen LogP contribution is 2.38. The third kappa shape index (κ3) is 4.86. The van der Waals surface area contributed by atoms with Crippen molar-refractivity contribution in [3.63, 3.8) is 0 Å². The van der Waals surface area contributed by atoms with E-state index in [1.165, 1.54) is 12.1 Å². The van der Waals surface area contributed by atoms with E-state index >= 15 is 0 Å². The van der Waals surface area contributed by atoms with E-state index in [9.17, 15) is 23.1 Å². The van der Waals surface area contributed by atoms with E-state index in [2.05, 4.69) is 16.0 Å². The van der Waals surface area contributed by atoms with E-state index in [1.54, 1.807) is 6.26 Å². The Morgan fingerprint density at radius 1 is 1.19 bits per heavy atom. The number of hydrogen-bond donors (Lipinski definition) is 4. The molecule has 1 aromatic carbocycles. The third-order valence-corrected chi connectivity index (χ3v) is 7.81. The highest BCUT2D eigenvalue weighted by molar-refractivity contribution is 7.91. The zero-order valence-electron chi connectivity index (χ0n) is 17.2. The van der Waals surface area contributed by atoms with Crippen LogP contribution in [-0.4, -0.2) is 37.8 Å². The molecule has 2 aromatic rings. The van der Waals surface area contributed by atoms with Crippen LogP contribution in [0.1, 0.15) is 43.0 Å². The molecule has 1 saturated carbocycles. The summed E-state index contributed by atoms with van der Waals surface area (Å²) in [7, 11) is -4.02. The van der Waals surface area contributed by atoms with Crippen molar-refractivity contribution in [2.24, 2.45) is 5.92 Å². The first-order valence-corrected chi connectivity index (χ1v) is 12.4. The zero-order chi connectivity index (χ0) is 22.9. The summed E-state index contributed by atoms with van der Waals surface area (Å²) < 4.78 is 31.0. The van der Waals surface area contributed by atoms with Crippen LogP contribution in [0.4, 0.5) is 10.5 Å². The van der Waals surface area contributed by atoms with Gasteiger partial charge in [0.25, 0.3) is 0 Å². The number of halogens is 1. The fourth-order valence-electron chi connectivity index (χ4n) is 3.79. The molecular weight excluding hydrogens is 458 g/mol. The molecule has 0 unspecified atom stereocenters. The molecule has 0 spiro atoms. The van der Waals surface area contributed by atoms with E-state index in [4.69, 9.17) is 16.0 Å². The molecule has 1 heterocycles. The Balaban J connectivity index is 1.44. The third-order valence-electron chi connectivity index (χ3n) is 5.60. The summed E-state index contributed by atoms with van der Waals surface area (Å²) in [5.41, 5.74) is 0.945. The molecule has 0 bridgehead atoms. The molecule has 4 N–H and O–H groups in total. The van der Waals surface area contributed by atoms with Gasteiger partial charge in [-0.3, -0.25) is 4.79 Å². The monoisotopic (exact) mass is 481 g/mol. The standard InChI is InChI=1S/C21H24ClN3O6S/c22-14-6-7-15(24-21(28)25-16-3-1-2-12-8-10-31-18(12)16)17(26)19(14)32(29,30)11-9-23-20(27)13-4-5-13/h6-8,10,13,16,26H,1-5,9,11H2,(H,23,27)(H2,24,25,28)/t16-/m0/s1. The molecule has 4 rings (SSSR count). The normalized spacial score (nSPS) is 18.0. The van der Waals surface area contributed by atoms with E-state index < -0.39 is 32.3 Å². The Morgan fingerprint density at radius 2 is 1.97 bits per heavy atom. The Kier molecular flexibility index (Phi) is 6.34. The number of nitrogens with one attached hydrogen (secondary N) is 3. The lowest BCUT2D eigenvalue weighted by Crippen LogP contribution is -2.34. The van der Waals surface area contributed by atoms with Gasteiger partial charge >= 0.3 is 6.03 Å². The summed E-state index contributed by atoms with van der Waals surface area (Å²) in [6, 6.07) is 3.55. The first-order chi connectivity index (χ1) is 15.3. The minimum atomic E-state index is -4.02. The van der Waals surface area contributed by atoms with Crippen LogP contribution in [0, 0.1) is 5.92 Å². The fourth-order valence-corrected chi connectivity index (χ4v) is 5.64. The fraction of sp³-hybridized carbons (Fsp3) is 0.429. The van der Waals surface area contributed by atoms with Crippen LogP contribution in [0.2, 0.25) is 5.02 Å². The van der Waals surface area contributed by atoms with Crippen molar-refractivity contribution in [1.82, 2.24) is 10.6 Å². The van der Waals surface area contributed by atoms with Gasteiger partial charge in [0.1, 0.15) is 10.7 Å². The second-order valence-electron chi connectivity index (χ2n) is 8.01. The molecule has 3 amide bonds. The molecule has 1 aromatic heterocycles. The first kappa shape index (κ1) is 22.5. The predicted octanol–water partition coefficient (Wildman–Crippen LogP) is 3.14. The Hall–Kier alpha value is -2.72. The SMILES string of the molecule is O=C(Nc1ccc(Cl)c(S(=O)(=O)CCNC(=O)C2CC2)c1O)N[C@H]1CCCc2ccoc21. The summed E-state index contributed by atoms with van der Waals surface area (Å²) >= 11 is 6.06. The summed E-state index contributed by atoms with van der Waals surface area (Å²) in [5.74, 6) is -0.600. The van der Waals surface area contributed by atoms with Gasteiger partial charge < -0.3 is 25.5 Å². The second kappa shape index (κ2) is 9.03. The number of benzene rings is 1. The van der Waals surface area contributed by atoms with Gasteiger partial charge in [0.15, 0.2) is 15.6 Å². The van der Waals surface area contributed by atoms with Crippen LogP contribution in [0.25, 0.3) is 0 Å². The molecule has 0 radical (unpaired) electrons. The molecular formula is C21H24ClN3O6S. The number of fused-ring (bicyclic) bond motifs is 1. The maximum Gasteiger partial charge on any atom is 0.319 e. The van der Waals surface area contributed by atoms with E-state index in [0.717, 1.165) is 31.2 Å². The predicted molar refractivity (Wildman–Crippen MR) is 117 cm³/mol. The lowest BCUT2D eigenvalue weighted by molar-refractivity contribution is -0.122. The van der Waals surface area contributed by atoms with E-state index in [1.807, 2.05) is 6.07 Å². The van der Waals surface area contributed by atoms with Gasteiger partial charge in [0.2, 0.25) is 5.91 Å². The number of phenolic OH excluding ortho intramolecular Hbond substituents is 1. The van der Waals surface area contributed by atoms with Gasteiger partial charge in [-0.2, -0.15) is 0 Å². The maximum atomic E-state index is 12.8. The Bertz CT molecular complexity index is 1140. The number of sulfone groups is 1. The van der Waals surface area contributed by atoms with Crippen LogP contribution >= 0.6 is 11.6 Å². The van der Waals surface area contributed by atoms with Gasteiger partial charge in [-0.05, 0) is 55.9 Å². The van der Waals surface area contributed by atoms with Gasteiger partial charge in [0, 0.05) is 12.5 Å². The Labute approximate surface area is 190 Å². The van der Waals surface area contributed by atoms with Gasteiger partial charge in [-0.15, -0.1) is 0 Å². The van der Waals surface area contributed by atoms with Crippen molar-refractivity contribution < 1.29 is 27.5 Å². The van der Waals surface area contributed by atoms with Crippen molar-refractivity contribution in [2.75, 3.05) is 17.6 Å². The number of urea groups is 1. The van der Waals surface area contributed by atoms with Gasteiger partial charge in [0.05, 0.1) is 28.8 Å². The number of carbonyl (C=O) groups excluding carboxylic acids is 2. The number of phenols is 1. The van der Waals surface area contributed by atoms with Crippen LogP contribution in [0.5, 0.6) is 5.75 Å². The number of aryl methyl sites for hydroxylation is 1. The van der Waals surface area contributed by atoms with Crippen molar-refractivity contribution in [3.05, 3.63) is 40.8 Å². The first-order valence-electron chi connectivity index (χ1n) is 10.4. The maximum absolute atomic E-state index is 12.8. The minimum Gasteiger partial charge on any atom is -0.504 e. The van der Waals surface area contributed by atoms with Crippen LogP contribution in [0.15, 0.2) is 33.8 Å². The highest BCUT2D eigenvalue weighted by atomic mass is 35.5. The summed E-state index contributed by atoms with van der Waals surface area (Å²) in [4.78, 5) is 23.8. The highest BCUT2D eigenvalue weighted by Gasteiger charge is 2.31. The van der Waals surface area contributed by atoms with E-state index in [0.29, 0.717) is 12.2 Å². The molecule has 1 fully saturated rings. The lowest BCUT2D eigenvalue weighted by atomic mass is 9.94. The number of anilines is 1. The quantitative estimate of drug-likeness (QED) is 0.448. The molecule has 9 nitrogen and oxygen atoms in total. The molecule has 1 atom stereocenters. The van der Waals surface area contributed by atoms with Gasteiger partial charge in [-0.25, -0.2) is 13.2 Å². The van der Waals surface area contributed by atoms with Crippen LogP contribution in [0.3, 0.4) is 0 Å². The second-order valence-corrected chi connectivity index (χ2v) is 10.5. The minimum absolute atomic E-state index is 0.0397. The summed E-state index contributed by atoms with van der Waals surface area (Å²) in [6.07, 6.45) is 5.67. The number of rotatable bonds is 7.